The molecule has 0 radical (unpaired) electrons. The van der Waals surface area contributed by atoms with Gasteiger partial charge in [-0.05, 0) is 55.3 Å². The zero-order chi connectivity index (χ0) is 13.1. The number of rotatable bonds is 2. The summed E-state index contributed by atoms with van der Waals surface area (Å²) in [5.41, 5.74) is 2.52. The minimum Gasteiger partial charge on any atom is -0.456 e. The maximum absolute atomic E-state index is 9.03. The summed E-state index contributed by atoms with van der Waals surface area (Å²) in [6, 6.07) is 13.0. The Morgan fingerprint density at radius 2 is 1.89 bits per heavy atom. The fraction of sp³-hybridized carbons (Fsp3) is 0.133. The van der Waals surface area contributed by atoms with Crippen LogP contribution in [-0.4, -0.2) is 0 Å². The van der Waals surface area contributed by atoms with Gasteiger partial charge in [0.05, 0.1) is 5.56 Å². The first-order valence-electron chi connectivity index (χ1n) is 5.55. The molecular formula is C15H12ClNO. The Bertz CT molecular complexity index is 629. The number of hydrogen-bond acceptors (Lipinski definition) is 2. The van der Waals surface area contributed by atoms with Crippen molar-refractivity contribution < 1.29 is 4.74 Å². The summed E-state index contributed by atoms with van der Waals surface area (Å²) in [5, 5.41) is 9.74. The number of halogens is 1. The summed E-state index contributed by atoms with van der Waals surface area (Å²) in [6.45, 7) is 3.87. The fourth-order valence-electron chi connectivity index (χ4n) is 1.61. The molecule has 0 N–H and O–H groups in total. The molecule has 0 heterocycles. The summed E-state index contributed by atoms with van der Waals surface area (Å²) >= 11 is 5.96. The predicted molar refractivity (Wildman–Crippen MR) is 72.2 cm³/mol. The summed E-state index contributed by atoms with van der Waals surface area (Å²) in [5.74, 6) is 1.25. The lowest BCUT2D eigenvalue weighted by molar-refractivity contribution is 0.480. The lowest BCUT2D eigenvalue weighted by atomic mass is 10.1. The molecule has 0 aromatic heterocycles. The minimum atomic E-state index is 0.521. The van der Waals surface area contributed by atoms with Gasteiger partial charge in [0.2, 0.25) is 0 Å². The van der Waals surface area contributed by atoms with Crippen LogP contribution in [0.3, 0.4) is 0 Å². The monoisotopic (exact) mass is 257 g/mol. The molecule has 0 fully saturated rings. The molecule has 3 heteroatoms. The molecule has 0 bridgehead atoms. The number of benzene rings is 2. The van der Waals surface area contributed by atoms with Gasteiger partial charge >= 0.3 is 0 Å². The van der Waals surface area contributed by atoms with Crippen molar-refractivity contribution >= 4 is 11.6 Å². The molecule has 0 atom stereocenters. The van der Waals surface area contributed by atoms with Crippen LogP contribution in [0.5, 0.6) is 11.5 Å². The van der Waals surface area contributed by atoms with Crippen molar-refractivity contribution in [2.45, 2.75) is 13.8 Å². The lowest BCUT2D eigenvalue weighted by Gasteiger charge is -2.09. The van der Waals surface area contributed by atoms with Crippen molar-refractivity contribution in [1.29, 1.82) is 5.26 Å². The van der Waals surface area contributed by atoms with Gasteiger partial charge in [0.15, 0.2) is 0 Å². The van der Waals surface area contributed by atoms with Crippen molar-refractivity contribution in [3.8, 4) is 17.6 Å². The first-order valence-corrected chi connectivity index (χ1v) is 5.92. The molecule has 2 rings (SSSR count). The van der Waals surface area contributed by atoms with Crippen LogP contribution in [0, 0.1) is 25.2 Å². The van der Waals surface area contributed by atoms with Gasteiger partial charge in [-0.15, -0.1) is 0 Å². The van der Waals surface area contributed by atoms with E-state index in [9.17, 15) is 0 Å². The van der Waals surface area contributed by atoms with E-state index in [2.05, 4.69) is 6.07 Å². The van der Waals surface area contributed by atoms with Gasteiger partial charge in [-0.3, -0.25) is 0 Å². The van der Waals surface area contributed by atoms with E-state index in [4.69, 9.17) is 21.6 Å². The minimum absolute atomic E-state index is 0.521. The van der Waals surface area contributed by atoms with Crippen LogP contribution >= 0.6 is 11.6 Å². The smallest absolute Gasteiger partial charge is 0.145 e. The van der Waals surface area contributed by atoms with E-state index in [-0.39, 0.29) is 0 Å². The average Bonchev–Trinajstić information content (AvgIpc) is 2.34. The van der Waals surface area contributed by atoms with Gasteiger partial charge in [-0.25, -0.2) is 0 Å². The predicted octanol–water partition coefficient (Wildman–Crippen LogP) is 4.62. The maximum atomic E-state index is 9.03. The SMILES string of the molecule is Cc1ccc(C#N)c(Oc2ccc(Cl)c(C)c2)c1. The highest BCUT2D eigenvalue weighted by atomic mass is 35.5. The number of aryl methyl sites for hydroxylation is 2. The van der Waals surface area contributed by atoms with Crippen LogP contribution in [0.25, 0.3) is 0 Å². The molecule has 0 spiro atoms. The van der Waals surface area contributed by atoms with E-state index in [1.807, 2.05) is 32.0 Å². The topological polar surface area (TPSA) is 33.0 Å². The Kier molecular flexibility index (Phi) is 3.55. The van der Waals surface area contributed by atoms with E-state index in [1.165, 1.54) is 0 Å². The molecule has 2 nitrogen and oxygen atoms in total. The number of nitrogens with zero attached hydrogens (tertiary/aromatic N) is 1. The van der Waals surface area contributed by atoms with Crippen molar-refractivity contribution in [3.63, 3.8) is 0 Å². The third-order valence-electron chi connectivity index (χ3n) is 2.61. The summed E-state index contributed by atoms with van der Waals surface area (Å²) in [6.07, 6.45) is 0. The lowest BCUT2D eigenvalue weighted by Crippen LogP contribution is -1.90. The van der Waals surface area contributed by atoms with Gasteiger partial charge < -0.3 is 4.74 Å². The summed E-state index contributed by atoms with van der Waals surface area (Å²) in [4.78, 5) is 0. The van der Waals surface area contributed by atoms with Gasteiger partial charge in [0, 0.05) is 5.02 Å². The zero-order valence-electron chi connectivity index (χ0n) is 10.2. The van der Waals surface area contributed by atoms with Crippen LogP contribution in [0.15, 0.2) is 36.4 Å². The first-order chi connectivity index (χ1) is 8.60. The van der Waals surface area contributed by atoms with Crippen LogP contribution in [0.2, 0.25) is 5.02 Å². The number of hydrogen-bond donors (Lipinski definition) is 0. The molecular weight excluding hydrogens is 246 g/mol. The second-order valence-corrected chi connectivity index (χ2v) is 4.53. The van der Waals surface area contributed by atoms with Gasteiger partial charge in [-0.2, -0.15) is 5.26 Å². The molecule has 0 unspecified atom stereocenters. The molecule has 0 aliphatic carbocycles. The molecule has 0 saturated carbocycles. The van der Waals surface area contributed by atoms with Gasteiger partial charge in [0.1, 0.15) is 17.6 Å². The maximum Gasteiger partial charge on any atom is 0.145 e. The number of ether oxygens (including phenoxy) is 1. The molecule has 2 aromatic rings. The van der Waals surface area contributed by atoms with Gasteiger partial charge in [-0.1, -0.05) is 17.7 Å². The Morgan fingerprint density at radius 3 is 2.56 bits per heavy atom. The summed E-state index contributed by atoms with van der Waals surface area (Å²) in [7, 11) is 0. The molecule has 0 amide bonds. The van der Waals surface area contributed by atoms with Crippen LogP contribution < -0.4 is 4.74 Å². The van der Waals surface area contributed by atoms with E-state index < -0.39 is 0 Å². The van der Waals surface area contributed by atoms with Crippen LogP contribution in [0.4, 0.5) is 0 Å². The fourth-order valence-corrected chi connectivity index (χ4v) is 1.73. The van der Waals surface area contributed by atoms with Crippen molar-refractivity contribution in [2.24, 2.45) is 0 Å². The van der Waals surface area contributed by atoms with Gasteiger partial charge in [0.25, 0.3) is 0 Å². The summed E-state index contributed by atoms with van der Waals surface area (Å²) < 4.78 is 5.74. The molecule has 18 heavy (non-hydrogen) atoms. The van der Waals surface area contributed by atoms with Crippen LogP contribution in [-0.2, 0) is 0 Å². The second-order valence-electron chi connectivity index (χ2n) is 4.12. The zero-order valence-corrected chi connectivity index (χ0v) is 11.0. The Balaban J connectivity index is 2.36. The normalized spacial score (nSPS) is 9.89. The molecule has 0 saturated heterocycles. The average molecular weight is 258 g/mol. The highest BCUT2D eigenvalue weighted by Gasteiger charge is 2.06. The largest absolute Gasteiger partial charge is 0.456 e. The van der Waals surface area contributed by atoms with E-state index in [1.54, 1.807) is 18.2 Å². The third kappa shape index (κ3) is 2.64. The van der Waals surface area contributed by atoms with Crippen LogP contribution in [0.1, 0.15) is 16.7 Å². The molecule has 90 valence electrons. The second kappa shape index (κ2) is 5.12. The standard InChI is InChI=1S/C15H12ClNO/c1-10-3-4-12(9-17)15(7-10)18-13-5-6-14(16)11(2)8-13/h3-8H,1-2H3. The van der Waals surface area contributed by atoms with Crippen molar-refractivity contribution in [2.75, 3.05) is 0 Å². The molecule has 2 aromatic carbocycles. The van der Waals surface area contributed by atoms with E-state index in [0.717, 1.165) is 11.1 Å². The Hall–Kier alpha value is -1.98. The van der Waals surface area contributed by atoms with Crippen molar-refractivity contribution in [3.05, 3.63) is 58.1 Å². The van der Waals surface area contributed by atoms with E-state index in [0.29, 0.717) is 22.1 Å². The first kappa shape index (κ1) is 12.5. The molecule has 0 aliphatic heterocycles. The quantitative estimate of drug-likeness (QED) is 0.786. The number of nitriles is 1. The molecule has 0 aliphatic rings. The van der Waals surface area contributed by atoms with E-state index >= 15 is 0 Å². The Morgan fingerprint density at radius 1 is 1.11 bits per heavy atom. The highest BCUT2D eigenvalue weighted by Crippen LogP contribution is 2.28. The highest BCUT2D eigenvalue weighted by molar-refractivity contribution is 6.31. The Labute approximate surface area is 111 Å². The third-order valence-corrected chi connectivity index (χ3v) is 3.04. The van der Waals surface area contributed by atoms with Crippen molar-refractivity contribution in [1.82, 2.24) is 0 Å².